The smallest absolute Gasteiger partial charge is 0.306 e. The number of carbonyl (C=O) groups is 1. The largest absolute Gasteiger partial charge is 0.481 e. The SMILES string of the molecule is CC(Cc1nc2ccc(Cl)cc2o1)C(=O)O. The number of benzene rings is 1. The normalized spacial score (nSPS) is 12.9. The molecule has 1 aromatic carbocycles. The van der Waals surface area contributed by atoms with Crippen LogP contribution in [0.3, 0.4) is 0 Å². The Morgan fingerprint density at radius 3 is 3.06 bits per heavy atom. The van der Waals surface area contributed by atoms with Gasteiger partial charge in [-0.25, -0.2) is 4.98 Å². The second-order valence-electron chi connectivity index (χ2n) is 3.66. The summed E-state index contributed by atoms with van der Waals surface area (Å²) in [5.74, 6) is -0.948. The molecule has 2 aromatic rings. The summed E-state index contributed by atoms with van der Waals surface area (Å²) in [6, 6.07) is 5.13. The highest BCUT2D eigenvalue weighted by Gasteiger charge is 2.15. The predicted molar refractivity (Wildman–Crippen MR) is 59.5 cm³/mol. The molecule has 0 aliphatic rings. The lowest BCUT2D eigenvalue weighted by atomic mass is 10.1. The van der Waals surface area contributed by atoms with Crippen LogP contribution in [0, 0.1) is 5.92 Å². The minimum Gasteiger partial charge on any atom is -0.481 e. The van der Waals surface area contributed by atoms with Gasteiger partial charge in [0.25, 0.3) is 0 Å². The van der Waals surface area contributed by atoms with Crippen molar-refractivity contribution in [2.45, 2.75) is 13.3 Å². The first kappa shape index (κ1) is 11.0. The Balaban J connectivity index is 2.29. The molecule has 1 heterocycles. The van der Waals surface area contributed by atoms with E-state index in [4.69, 9.17) is 21.1 Å². The lowest BCUT2D eigenvalue weighted by Crippen LogP contribution is -2.12. The molecule has 0 aliphatic carbocycles. The first-order valence-corrected chi connectivity index (χ1v) is 5.22. The molecule has 0 spiro atoms. The average Bonchev–Trinajstić information content (AvgIpc) is 2.58. The standard InChI is InChI=1S/C11H10ClNO3/c1-6(11(14)15)4-10-13-8-3-2-7(12)5-9(8)16-10/h2-3,5-6H,4H2,1H3,(H,14,15). The summed E-state index contributed by atoms with van der Waals surface area (Å²) < 4.78 is 5.41. The van der Waals surface area contributed by atoms with Gasteiger partial charge in [0.2, 0.25) is 0 Å². The van der Waals surface area contributed by atoms with Crippen LogP contribution in [0.2, 0.25) is 5.02 Å². The number of rotatable bonds is 3. The molecule has 2 rings (SSSR count). The van der Waals surface area contributed by atoms with Gasteiger partial charge < -0.3 is 9.52 Å². The van der Waals surface area contributed by atoms with Gasteiger partial charge in [-0.1, -0.05) is 18.5 Å². The van der Waals surface area contributed by atoms with Crippen molar-refractivity contribution in [3.05, 3.63) is 29.1 Å². The van der Waals surface area contributed by atoms with Gasteiger partial charge in [0.1, 0.15) is 5.52 Å². The quantitative estimate of drug-likeness (QED) is 0.895. The molecule has 4 nitrogen and oxygen atoms in total. The number of fused-ring (bicyclic) bond motifs is 1. The monoisotopic (exact) mass is 239 g/mol. The van der Waals surface area contributed by atoms with Crippen LogP contribution in [0.1, 0.15) is 12.8 Å². The van der Waals surface area contributed by atoms with Crippen LogP contribution in [0.5, 0.6) is 0 Å². The van der Waals surface area contributed by atoms with Crippen LogP contribution in [0.25, 0.3) is 11.1 Å². The van der Waals surface area contributed by atoms with Crippen LogP contribution >= 0.6 is 11.6 Å². The Bertz CT molecular complexity index is 535. The molecule has 5 heteroatoms. The maximum Gasteiger partial charge on any atom is 0.306 e. The van der Waals surface area contributed by atoms with E-state index in [1.807, 2.05) is 0 Å². The van der Waals surface area contributed by atoms with Gasteiger partial charge in [-0.15, -0.1) is 0 Å². The highest BCUT2D eigenvalue weighted by Crippen LogP contribution is 2.21. The van der Waals surface area contributed by atoms with Crippen LogP contribution in [-0.4, -0.2) is 16.1 Å². The van der Waals surface area contributed by atoms with E-state index in [-0.39, 0.29) is 6.42 Å². The zero-order valence-electron chi connectivity index (χ0n) is 8.61. The van der Waals surface area contributed by atoms with Crippen molar-refractivity contribution in [2.75, 3.05) is 0 Å². The van der Waals surface area contributed by atoms with Gasteiger partial charge in [0, 0.05) is 17.5 Å². The van der Waals surface area contributed by atoms with Gasteiger partial charge in [0.05, 0.1) is 5.92 Å². The summed E-state index contributed by atoms with van der Waals surface area (Å²) in [6.07, 6.45) is 0.279. The minimum atomic E-state index is -0.861. The van der Waals surface area contributed by atoms with E-state index in [1.54, 1.807) is 25.1 Å². The first-order chi connectivity index (χ1) is 7.56. The molecule has 0 aliphatic heterocycles. The Hall–Kier alpha value is -1.55. The molecule has 1 atom stereocenters. The summed E-state index contributed by atoms with van der Waals surface area (Å²) in [6.45, 7) is 1.62. The van der Waals surface area contributed by atoms with Crippen molar-refractivity contribution < 1.29 is 14.3 Å². The fraction of sp³-hybridized carbons (Fsp3) is 0.273. The molecule has 1 aromatic heterocycles. The Morgan fingerprint density at radius 2 is 2.38 bits per heavy atom. The number of carboxylic acid groups (broad SMARTS) is 1. The Morgan fingerprint density at radius 1 is 1.62 bits per heavy atom. The van der Waals surface area contributed by atoms with Crippen molar-refractivity contribution in [1.82, 2.24) is 4.98 Å². The fourth-order valence-electron chi connectivity index (χ4n) is 1.38. The number of hydrogen-bond donors (Lipinski definition) is 1. The maximum absolute atomic E-state index is 10.7. The number of oxazole rings is 1. The van der Waals surface area contributed by atoms with E-state index in [1.165, 1.54) is 0 Å². The zero-order chi connectivity index (χ0) is 11.7. The van der Waals surface area contributed by atoms with E-state index >= 15 is 0 Å². The average molecular weight is 240 g/mol. The molecular weight excluding hydrogens is 230 g/mol. The molecule has 0 bridgehead atoms. The summed E-state index contributed by atoms with van der Waals surface area (Å²) in [5, 5.41) is 9.34. The highest BCUT2D eigenvalue weighted by molar-refractivity contribution is 6.31. The third-order valence-electron chi connectivity index (χ3n) is 2.30. The lowest BCUT2D eigenvalue weighted by molar-refractivity contribution is -0.141. The molecule has 0 saturated heterocycles. The Labute approximate surface area is 96.8 Å². The molecule has 0 fully saturated rings. The molecular formula is C11H10ClNO3. The molecule has 0 radical (unpaired) electrons. The van der Waals surface area contributed by atoms with Crippen LogP contribution < -0.4 is 0 Å². The lowest BCUT2D eigenvalue weighted by Gasteiger charge is -2.00. The number of nitrogens with zero attached hydrogens (tertiary/aromatic N) is 1. The molecule has 84 valence electrons. The van der Waals surface area contributed by atoms with Crippen LogP contribution in [0.4, 0.5) is 0 Å². The fourth-order valence-corrected chi connectivity index (χ4v) is 1.54. The van der Waals surface area contributed by atoms with E-state index in [2.05, 4.69) is 4.98 Å². The Kier molecular flexibility index (Phi) is 2.83. The highest BCUT2D eigenvalue weighted by atomic mass is 35.5. The summed E-state index contributed by atoms with van der Waals surface area (Å²) in [4.78, 5) is 14.9. The van der Waals surface area contributed by atoms with E-state index in [9.17, 15) is 4.79 Å². The zero-order valence-corrected chi connectivity index (χ0v) is 9.36. The molecule has 0 amide bonds. The minimum absolute atomic E-state index is 0.279. The van der Waals surface area contributed by atoms with Crippen molar-refractivity contribution in [2.24, 2.45) is 5.92 Å². The van der Waals surface area contributed by atoms with Gasteiger partial charge in [-0.3, -0.25) is 4.79 Å². The predicted octanol–water partition coefficient (Wildman–Crippen LogP) is 2.74. The number of aliphatic carboxylic acids is 1. The van der Waals surface area contributed by atoms with E-state index < -0.39 is 11.9 Å². The van der Waals surface area contributed by atoms with Gasteiger partial charge >= 0.3 is 5.97 Å². The van der Waals surface area contributed by atoms with Crippen molar-refractivity contribution in [3.8, 4) is 0 Å². The number of halogens is 1. The maximum atomic E-state index is 10.7. The van der Waals surface area contributed by atoms with Gasteiger partial charge in [0.15, 0.2) is 11.5 Å². The third kappa shape index (κ3) is 2.17. The van der Waals surface area contributed by atoms with Gasteiger partial charge in [-0.05, 0) is 12.1 Å². The summed E-state index contributed by atoms with van der Waals surface area (Å²) in [5.41, 5.74) is 1.28. The first-order valence-electron chi connectivity index (χ1n) is 4.84. The second kappa shape index (κ2) is 4.14. The number of carboxylic acids is 1. The second-order valence-corrected chi connectivity index (χ2v) is 4.10. The summed E-state index contributed by atoms with van der Waals surface area (Å²) >= 11 is 5.80. The van der Waals surface area contributed by atoms with Crippen molar-refractivity contribution in [3.63, 3.8) is 0 Å². The molecule has 0 saturated carbocycles. The van der Waals surface area contributed by atoms with E-state index in [0.29, 0.717) is 22.0 Å². The third-order valence-corrected chi connectivity index (χ3v) is 2.53. The number of hydrogen-bond acceptors (Lipinski definition) is 3. The molecule has 1 N–H and O–H groups in total. The number of aromatic nitrogens is 1. The van der Waals surface area contributed by atoms with E-state index in [0.717, 1.165) is 0 Å². The van der Waals surface area contributed by atoms with Crippen molar-refractivity contribution >= 4 is 28.7 Å². The summed E-state index contributed by atoms with van der Waals surface area (Å²) in [7, 11) is 0. The van der Waals surface area contributed by atoms with Crippen LogP contribution in [-0.2, 0) is 11.2 Å². The molecule has 1 unspecified atom stereocenters. The molecule has 16 heavy (non-hydrogen) atoms. The topological polar surface area (TPSA) is 63.3 Å². The van der Waals surface area contributed by atoms with Crippen molar-refractivity contribution in [1.29, 1.82) is 0 Å². The van der Waals surface area contributed by atoms with Gasteiger partial charge in [-0.2, -0.15) is 0 Å². The van der Waals surface area contributed by atoms with Crippen LogP contribution in [0.15, 0.2) is 22.6 Å².